The van der Waals surface area contributed by atoms with Gasteiger partial charge < -0.3 is 0 Å². The Balaban J connectivity index is 4.34. The molecule has 0 aromatic carbocycles. The third kappa shape index (κ3) is 3.91. The van der Waals surface area contributed by atoms with Gasteiger partial charge in [0.1, 0.15) is 0 Å². The van der Waals surface area contributed by atoms with E-state index in [1.807, 2.05) is 6.92 Å². The molecular weight excluding hydrogens is 148 g/mol. The molecule has 0 amide bonds. The van der Waals surface area contributed by atoms with Crippen molar-refractivity contribution < 1.29 is 0 Å². The van der Waals surface area contributed by atoms with Crippen LogP contribution in [0.2, 0.25) is 25.2 Å². The van der Waals surface area contributed by atoms with Gasteiger partial charge in [0, 0.05) is 6.42 Å². The predicted molar refractivity (Wildman–Crippen MR) is 54.0 cm³/mol. The Labute approximate surface area is 71.4 Å². The molecule has 1 heteroatoms. The summed E-state index contributed by atoms with van der Waals surface area (Å²) in [6, 6.07) is 0. The van der Waals surface area contributed by atoms with E-state index in [2.05, 4.69) is 37.4 Å². The summed E-state index contributed by atoms with van der Waals surface area (Å²) >= 11 is 0. The second-order valence-electron chi connectivity index (χ2n) is 3.64. The Morgan fingerprint density at radius 3 is 2.18 bits per heavy atom. The summed E-state index contributed by atoms with van der Waals surface area (Å²) in [6.07, 6.45) is 6.29. The highest BCUT2D eigenvalue weighted by Crippen LogP contribution is 2.19. The van der Waals surface area contributed by atoms with E-state index >= 15 is 0 Å². The van der Waals surface area contributed by atoms with Crippen molar-refractivity contribution in [2.24, 2.45) is 0 Å². The summed E-state index contributed by atoms with van der Waals surface area (Å²) < 4.78 is 0. The minimum Gasteiger partial charge on any atom is -0.119 e. The molecule has 0 nitrogen and oxygen atoms in total. The normalized spacial score (nSPS) is 12.6. The van der Waals surface area contributed by atoms with Gasteiger partial charge >= 0.3 is 0 Å². The Morgan fingerprint density at radius 1 is 1.36 bits per heavy atom. The summed E-state index contributed by atoms with van der Waals surface area (Å²) in [5.41, 5.74) is 0.224. The van der Waals surface area contributed by atoms with Gasteiger partial charge in [-0.05, 0) is 0 Å². The zero-order valence-electron chi connectivity index (χ0n) is 7.86. The summed E-state index contributed by atoms with van der Waals surface area (Å²) in [5.74, 6) is 8.95. The van der Waals surface area contributed by atoms with Crippen molar-refractivity contribution in [2.75, 3.05) is 0 Å². The van der Waals surface area contributed by atoms with E-state index in [0.29, 0.717) is 0 Å². The van der Waals surface area contributed by atoms with Crippen LogP contribution in [0.4, 0.5) is 0 Å². The van der Waals surface area contributed by atoms with E-state index in [4.69, 9.17) is 6.42 Å². The molecule has 0 radical (unpaired) electrons. The maximum atomic E-state index is 5.38. The van der Waals surface area contributed by atoms with Crippen LogP contribution in [0.5, 0.6) is 0 Å². The zero-order chi connectivity index (χ0) is 8.91. The van der Waals surface area contributed by atoms with Crippen LogP contribution in [0, 0.1) is 24.2 Å². The average Bonchev–Trinajstić information content (AvgIpc) is 1.87. The molecule has 1 unspecified atom stereocenters. The zero-order valence-corrected chi connectivity index (χ0v) is 8.86. The first kappa shape index (κ1) is 10.3. The van der Waals surface area contributed by atoms with Gasteiger partial charge in [-0.25, -0.2) is 0 Å². The lowest BCUT2D eigenvalue weighted by Gasteiger charge is -2.18. The van der Waals surface area contributed by atoms with Gasteiger partial charge in [-0.3, -0.25) is 0 Å². The first-order chi connectivity index (χ1) is 5.02. The van der Waals surface area contributed by atoms with Crippen LogP contribution < -0.4 is 0 Å². The van der Waals surface area contributed by atoms with Gasteiger partial charge in [-0.2, -0.15) is 0 Å². The number of hydrogen-bond acceptors (Lipinski definition) is 0. The number of rotatable bonds is 1. The highest BCUT2D eigenvalue weighted by molar-refractivity contribution is 6.79. The molecule has 0 aromatic rings. The second kappa shape index (κ2) is 4.26. The fourth-order valence-corrected chi connectivity index (χ4v) is 1.75. The van der Waals surface area contributed by atoms with Crippen molar-refractivity contribution in [1.82, 2.24) is 0 Å². The first-order valence-electron chi connectivity index (χ1n) is 3.97. The van der Waals surface area contributed by atoms with Gasteiger partial charge in [0.15, 0.2) is 0 Å². The lowest BCUT2D eigenvalue weighted by molar-refractivity contribution is 1.26. The highest BCUT2D eigenvalue weighted by atomic mass is 28.3. The standard InChI is InChI=1S/C10H16Si/c1-6-8-9-10(7-2)11(3,4)5/h2,10H,6H2,1,3-5H3. The van der Waals surface area contributed by atoms with E-state index in [0.717, 1.165) is 6.42 Å². The molecule has 0 bridgehead atoms. The minimum atomic E-state index is -1.23. The van der Waals surface area contributed by atoms with E-state index in [-0.39, 0.29) is 5.54 Å². The number of hydrogen-bond donors (Lipinski definition) is 0. The molecule has 60 valence electrons. The molecule has 0 aliphatic heterocycles. The predicted octanol–water partition coefficient (Wildman–Crippen LogP) is 2.74. The maximum Gasteiger partial charge on any atom is 0.0764 e. The molecule has 0 aliphatic rings. The lowest BCUT2D eigenvalue weighted by atomic mass is 10.4. The van der Waals surface area contributed by atoms with Crippen molar-refractivity contribution in [3.63, 3.8) is 0 Å². The molecule has 1 atom stereocenters. The van der Waals surface area contributed by atoms with Crippen LogP contribution in [-0.2, 0) is 0 Å². The van der Waals surface area contributed by atoms with E-state index in [1.54, 1.807) is 0 Å². The van der Waals surface area contributed by atoms with Crippen molar-refractivity contribution in [3.05, 3.63) is 0 Å². The van der Waals surface area contributed by atoms with Gasteiger partial charge in [-0.1, -0.05) is 38.4 Å². The molecule has 0 aliphatic carbocycles. The average molecular weight is 164 g/mol. The smallest absolute Gasteiger partial charge is 0.0764 e. The first-order valence-corrected chi connectivity index (χ1v) is 7.54. The van der Waals surface area contributed by atoms with Crippen molar-refractivity contribution in [2.45, 2.75) is 38.5 Å². The van der Waals surface area contributed by atoms with Crippen molar-refractivity contribution in [1.29, 1.82) is 0 Å². The molecule has 0 N–H and O–H groups in total. The van der Waals surface area contributed by atoms with E-state index in [1.165, 1.54) is 0 Å². The van der Waals surface area contributed by atoms with Gasteiger partial charge in [-0.15, -0.1) is 12.3 Å². The topological polar surface area (TPSA) is 0 Å². The Morgan fingerprint density at radius 2 is 1.91 bits per heavy atom. The third-order valence-corrected chi connectivity index (χ3v) is 3.50. The Bertz CT molecular complexity index is 204. The molecule has 0 rings (SSSR count). The van der Waals surface area contributed by atoms with Gasteiger partial charge in [0.25, 0.3) is 0 Å². The van der Waals surface area contributed by atoms with Crippen LogP contribution >= 0.6 is 0 Å². The van der Waals surface area contributed by atoms with Gasteiger partial charge in [0.05, 0.1) is 13.6 Å². The molecule has 0 spiro atoms. The summed E-state index contributed by atoms with van der Waals surface area (Å²) in [5, 5.41) is 0. The molecule has 0 saturated heterocycles. The molecule has 0 aromatic heterocycles. The largest absolute Gasteiger partial charge is 0.119 e. The van der Waals surface area contributed by atoms with Crippen LogP contribution in [0.25, 0.3) is 0 Å². The molecule has 0 fully saturated rings. The summed E-state index contributed by atoms with van der Waals surface area (Å²) in [6.45, 7) is 8.80. The molecular formula is C10H16Si. The maximum absolute atomic E-state index is 5.38. The molecule has 11 heavy (non-hydrogen) atoms. The Kier molecular flexibility index (Phi) is 4.01. The van der Waals surface area contributed by atoms with E-state index in [9.17, 15) is 0 Å². The van der Waals surface area contributed by atoms with E-state index < -0.39 is 8.07 Å². The second-order valence-corrected chi connectivity index (χ2v) is 8.95. The fraction of sp³-hybridized carbons (Fsp3) is 0.600. The van der Waals surface area contributed by atoms with Crippen LogP contribution in [0.1, 0.15) is 13.3 Å². The summed E-state index contributed by atoms with van der Waals surface area (Å²) in [7, 11) is -1.23. The molecule has 0 saturated carbocycles. The molecule has 0 heterocycles. The van der Waals surface area contributed by atoms with Crippen LogP contribution in [0.3, 0.4) is 0 Å². The van der Waals surface area contributed by atoms with Gasteiger partial charge in [0.2, 0.25) is 0 Å². The van der Waals surface area contributed by atoms with Crippen molar-refractivity contribution in [3.8, 4) is 24.2 Å². The SMILES string of the molecule is C#CC(C#CCC)[Si](C)(C)C. The monoisotopic (exact) mass is 164 g/mol. The lowest BCUT2D eigenvalue weighted by Crippen LogP contribution is -2.25. The quantitative estimate of drug-likeness (QED) is 0.413. The van der Waals surface area contributed by atoms with Crippen LogP contribution in [0.15, 0.2) is 0 Å². The Hall–Kier alpha value is -0.663. The fourth-order valence-electron chi connectivity index (χ4n) is 0.712. The van der Waals surface area contributed by atoms with Crippen LogP contribution in [-0.4, -0.2) is 8.07 Å². The van der Waals surface area contributed by atoms with Crippen molar-refractivity contribution >= 4 is 8.07 Å². The highest BCUT2D eigenvalue weighted by Gasteiger charge is 2.22. The third-order valence-electron chi connectivity index (χ3n) is 1.46. The summed E-state index contributed by atoms with van der Waals surface area (Å²) in [4.78, 5) is 0. The number of terminal acetylenes is 1. The minimum absolute atomic E-state index is 0.224.